The van der Waals surface area contributed by atoms with Crippen LogP contribution < -0.4 is 0 Å². The summed E-state index contributed by atoms with van der Waals surface area (Å²) >= 11 is 5.81. The molecule has 1 aliphatic heterocycles. The topological polar surface area (TPSA) is 23.6 Å². The lowest BCUT2D eigenvalue weighted by Crippen LogP contribution is -2.38. The maximum absolute atomic E-state index is 14.2. The van der Waals surface area contributed by atoms with Crippen LogP contribution in [0.3, 0.4) is 0 Å². The van der Waals surface area contributed by atoms with Gasteiger partial charge in [-0.25, -0.2) is 4.39 Å². The van der Waals surface area contributed by atoms with Crippen molar-refractivity contribution in [3.63, 3.8) is 0 Å². The van der Waals surface area contributed by atoms with Gasteiger partial charge in [0, 0.05) is 18.1 Å². The molecular weight excluding hydrogens is 351 g/mol. The fourth-order valence-corrected chi connectivity index (χ4v) is 3.71. The van der Waals surface area contributed by atoms with E-state index >= 15 is 0 Å². The van der Waals surface area contributed by atoms with E-state index < -0.39 is 5.82 Å². The summed E-state index contributed by atoms with van der Waals surface area (Å²) in [5.74, 6) is -0.825. The Balaban J connectivity index is 1.84. The Labute approximate surface area is 159 Å². The first kappa shape index (κ1) is 18.9. The maximum atomic E-state index is 14.2. The number of likely N-dealkylation sites (tertiary alicyclic amines) is 1. The van der Waals surface area contributed by atoms with Crippen molar-refractivity contribution in [2.45, 2.75) is 31.8 Å². The van der Waals surface area contributed by atoms with Gasteiger partial charge in [-0.05, 0) is 62.7 Å². The lowest BCUT2D eigenvalue weighted by atomic mass is 9.93. The summed E-state index contributed by atoms with van der Waals surface area (Å²) in [5, 5.41) is 0.297. The fourth-order valence-electron chi connectivity index (χ4n) is 3.55. The molecule has 1 heterocycles. The Hall–Kier alpha value is -1.91. The number of carbonyl (C=O) groups is 1. The number of piperidine rings is 1. The first-order chi connectivity index (χ1) is 12.5. The minimum Gasteiger partial charge on any atom is -0.332 e. The number of nitrogens with zero attached hydrogens (tertiary/aromatic N) is 2. The van der Waals surface area contributed by atoms with Crippen molar-refractivity contribution in [3.05, 3.63) is 70.0 Å². The SMILES string of the molecule is CN(C)Cc1ccc([C@@H]2CCCCN2C(=O)c2ccc(Cl)cc2F)cc1. The second-order valence-electron chi connectivity index (χ2n) is 7.11. The minimum atomic E-state index is -0.562. The van der Waals surface area contributed by atoms with Crippen LogP contribution in [0, 0.1) is 5.82 Å². The normalized spacial score (nSPS) is 17.6. The molecule has 0 saturated carbocycles. The second kappa shape index (κ2) is 8.19. The van der Waals surface area contributed by atoms with Crippen molar-refractivity contribution in [1.82, 2.24) is 9.80 Å². The summed E-state index contributed by atoms with van der Waals surface area (Å²) in [6.45, 7) is 1.52. The number of hydrogen-bond acceptors (Lipinski definition) is 2. The Kier molecular flexibility index (Phi) is 5.94. The first-order valence-corrected chi connectivity index (χ1v) is 9.33. The smallest absolute Gasteiger partial charge is 0.257 e. The van der Waals surface area contributed by atoms with Crippen LogP contribution in [0.5, 0.6) is 0 Å². The summed E-state index contributed by atoms with van der Waals surface area (Å²) in [5.41, 5.74) is 2.43. The monoisotopic (exact) mass is 374 g/mol. The number of amides is 1. The van der Waals surface area contributed by atoms with E-state index in [1.54, 1.807) is 11.0 Å². The van der Waals surface area contributed by atoms with E-state index in [1.807, 2.05) is 14.1 Å². The summed E-state index contributed by atoms with van der Waals surface area (Å²) in [6, 6.07) is 12.6. The van der Waals surface area contributed by atoms with E-state index in [0.717, 1.165) is 31.4 Å². The van der Waals surface area contributed by atoms with E-state index in [2.05, 4.69) is 29.2 Å². The van der Waals surface area contributed by atoms with E-state index in [-0.39, 0.29) is 17.5 Å². The molecule has 1 atom stereocenters. The van der Waals surface area contributed by atoms with E-state index in [0.29, 0.717) is 11.6 Å². The van der Waals surface area contributed by atoms with Gasteiger partial charge in [0.25, 0.3) is 5.91 Å². The summed E-state index contributed by atoms with van der Waals surface area (Å²) in [4.78, 5) is 16.9. The summed E-state index contributed by atoms with van der Waals surface area (Å²) < 4.78 is 14.2. The number of hydrogen-bond donors (Lipinski definition) is 0. The molecule has 1 amide bonds. The van der Waals surface area contributed by atoms with Gasteiger partial charge in [0.05, 0.1) is 11.6 Å². The molecule has 0 bridgehead atoms. The fraction of sp³-hybridized carbons (Fsp3) is 0.381. The van der Waals surface area contributed by atoms with Gasteiger partial charge in [-0.2, -0.15) is 0 Å². The van der Waals surface area contributed by atoms with E-state index in [9.17, 15) is 9.18 Å². The predicted octanol–water partition coefficient (Wildman–Crippen LogP) is 4.91. The van der Waals surface area contributed by atoms with Crippen LogP contribution in [0.1, 0.15) is 46.8 Å². The Morgan fingerprint density at radius 3 is 2.58 bits per heavy atom. The number of benzene rings is 2. The molecule has 1 aliphatic rings. The van der Waals surface area contributed by atoms with E-state index in [1.165, 1.54) is 17.7 Å². The first-order valence-electron chi connectivity index (χ1n) is 8.95. The highest BCUT2D eigenvalue weighted by Crippen LogP contribution is 2.33. The molecule has 0 radical (unpaired) electrons. The lowest BCUT2D eigenvalue weighted by Gasteiger charge is -2.36. The van der Waals surface area contributed by atoms with Crippen LogP contribution in [0.15, 0.2) is 42.5 Å². The lowest BCUT2D eigenvalue weighted by molar-refractivity contribution is 0.0607. The molecule has 26 heavy (non-hydrogen) atoms. The largest absolute Gasteiger partial charge is 0.332 e. The van der Waals surface area contributed by atoms with Crippen molar-refractivity contribution in [1.29, 1.82) is 0 Å². The third kappa shape index (κ3) is 4.25. The Morgan fingerprint density at radius 1 is 1.19 bits per heavy atom. The number of halogens is 2. The van der Waals surface area contributed by atoms with Crippen LogP contribution in [-0.2, 0) is 6.54 Å². The van der Waals surface area contributed by atoms with Crippen LogP contribution in [-0.4, -0.2) is 36.3 Å². The highest BCUT2D eigenvalue weighted by Gasteiger charge is 2.30. The third-order valence-electron chi connectivity index (χ3n) is 4.79. The zero-order valence-corrected chi connectivity index (χ0v) is 16.0. The van der Waals surface area contributed by atoms with Gasteiger partial charge >= 0.3 is 0 Å². The Bertz CT molecular complexity index is 776. The highest BCUT2D eigenvalue weighted by atomic mass is 35.5. The molecule has 0 unspecified atom stereocenters. The van der Waals surface area contributed by atoms with Gasteiger partial charge in [-0.3, -0.25) is 4.79 Å². The standard InChI is InChI=1S/C21H24ClFN2O/c1-24(2)14-15-6-8-16(9-7-15)20-5-3-4-12-25(20)21(26)18-11-10-17(22)13-19(18)23/h6-11,13,20H,3-5,12,14H2,1-2H3/t20-/m0/s1. The molecule has 0 aromatic heterocycles. The highest BCUT2D eigenvalue weighted by molar-refractivity contribution is 6.30. The molecule has 0 N–H and O–H groups in total. The quantitative estimate of drug-likeness (QED) is 0.759. The molecule has 2 aromatic rings. The molecule has 138 valence electrons. The van der Waals surface area contributed by atoms with Crippen molar-refractivity contribution in [3.8, 4) is 0 Å². The molecule has 3 nitrogen and oxygen atoms in total. The van der Waals surface area contributed by atoms with Gasteiger partial charge in [0.2, 0.25) is 0 Å². The molecule has 1 fully saturated rings. The molecular formula is C21H24ClFN2O. The van der Waals surface area contributed by atoms with Gasteiger partial charge < -0.3 is 9.80 Å². The van der Waals surface area contributed by atoms with Crippen molar-refractivity contribution in [2.75, 3.05) is 20.6 Å². The molecule has 1 saturated heterocycles. The number of carbonyl (C=O) groups excluding carboxylic acids is 1. The molecule has 5 heteroatoms. The average molecular weight is 375 g/mol. The number of rotatable bonds is 4. The van der Waals surface area contributed by atoms with E-state index in [4.69, 9.17) is 11.6 Å². The second-order valence-corrected chi connectivity index (χ2v) is 7.55. The molecule has 2 aromatic carbocycles. The maximum Gasteiger partial charge on any atom is 0.257 e. The van der Waals surface area contributed by atoms with Crippen LogP contribution in [0.2, 0.25) is 5.02 Å². The van der Waals surface area contributed by atoms with Gasteiger partial charge in [-0.1, -0.05) is 35.9 Å². The van der Waals surface area contributed by atoms with Crippen LogP contribution in [0.4, 0.5) is 4.39 Å². The van der Waals surface area contributed by atoms with Crippen molar-refractivity contribution < 1.29 is 9.18 Å². The van der Waals surface area contributed by atoms with Crippen molar-refractivity contribution >= 4 is 17.5 Å². The van der Waals surface area contributed by atoms with Crippen molar-refractivity contribution in [2.24, 2.45) is 0 Å². The predicted molar refractivity (Wildman–Crippen MR) is 103 cm³/mol. The molecule has 3 rings (SSSR count). The minimum absolute atomic E-state index is 0.0141. The van der Waals surface area contributed by atoms with Gasteiger partial charge in [-0.15, -0.1) is 0 Å². The average Bonchev–Trinajstić information content (AvgIpc) is 2.61. The van der Waals surface area contributed by atoms with Gasteiger partial charge in [0.1, 0.15) is 5.82 Å². The van der Waals surface area contributed by atoms with Crippen LogP contribution in [0.25, 0.3) is 0 Å². The third-order valence-corrected chi connectivity index (χ3v) is 5.02. The zero-order valence-electron chi connectivity index (χ0n) is 15.2. The van der Waals surface area contributed by atoms with Crippen LogP contribution >= 0.6 is 11.6 Å². The summed E-state index contributed by atoms with van der Waals surface area (Å²) in [7, 11) is 4.08. The molecule has 0 aliphatic carbocycles. The van der Waals surface area contributed by atoms with Gasteiger partial charge in [0.15, 0.2) is 0 Å². The zero-order chi connectivity index (χ0) is 18.7. The Morgan fingerprint density at radius 2 is 1.92 bits per heavy atom. The molecule has 0 spiro atoms. The summed E-state index contributed by atoms with van der Waals surface area (Å²) in [6.07, 6.45) is 2.90.